The van der Waals surface area contributed by atoms with E-state index in [1.54, 1.807) is 0 Å². The first-order chi connectivity index (χ1) is 9.69. The maximum atomic E-state index is 8.75. The first-order valence-electron chi connectivity index (χ1n) is 6.26. The third kappa shape index (κ3) is 2.41. The monoisotopic (exact) mass is 351 g/mol. The topological polar surface area (TPSA) is 61.9 Å². The van der Waals surface area contributed by atoms with Gasteiger partial charge in [-0.2, -0.15) is 0 Å². The van der Waals surface area contributed by atoms with E-state index in [1.165, 1.54) is 10.4 Å². The van der Waals surface area contributed by atoms with Crippen LogP contribution in [0.2, 0.25) is 0 Å². The molecular formula is C14H14BrN3OS. The Morgan fingerprint density at radius 3 is 3.00 bits per heavy atom. The molecule has 0 bridgehead atoms. The number of nitrogens with zero attached hydrogens (tertiary/aromatic N) is 2. The molecule has 0 spiro atoms. The predicted molar refractivity (Wildman–Crippen MR) is 85.7 cm³/mol. The molecule has 0 amide bonds. The van der Waals surface area contributed by atoms with Crippen molar-refractivity contribution in [3.05, 3.63) is 50.1 Å². The zero-order valence-corrected chi connectivity index (χ0v) is 13.1. The lowest BCUT2D eigenvalue weighted by Gasteiger charge is -2.29. The smallest absolute Gasteiger partial charge is 0.171 e. The average Bonchev–Trinajstić information content (AvgIpc) is 2.93. The van der Waals surface area contributed by atoms with E-state index in [-0.39, 0.29) is 5.84 Å². The molecule has 1 aromatic heterocycles. The Labute approximate surface area is 129 Å². The fourth-order valence-corrected chi connectivity index (χ4v) is 3.89. The van der Waals surface area contributed by atoms with Crippen molar-refractivity contribution in [3.63, 3.8) is 0 Å². The molecule has 2 heterocycles. The molecule has 1 aliphatic rings. The van der Waals surface area contributed by atoms with Gasteiger partial charge in [-0.25, -0.2) is 0 Å². The van der Waals surface area contributed by atoms with Crippen LogP contribution in [0.15, 0.2) is 39.3 Å². The second-order valence-corrected chi connectivity index (χ2v) is 6.54. The Kier molecular flexibility index (Phi) is 3.67. The molecule has 0 atom stereocenters. The maximum absolute atomic E-state index is 8.75. The Morgan fingerprint density at radius 1 is 1.40 bits per heavy atom. The van der Waals surface area contributed by atoms with Crippen molar-refractivity contribution in [3.8, 4) is 0 Å². The Bertz CT molecular complexity index is 668. The van der Waals surface area contributed by atoms with Crippen LogP contribution in [0.4, 0.5) is 5.69 Å². The third-order valence-electron chi connectivity index (χ3n) is 3.51. The van der Waals surface area contributed by atoms with Crippen molar-refractivity contribution < 1.29 is 5.21 Å². The van der Waals surface area contributed by atoms with Gasteiger partial charge in [-0.1, -0.05) is 5.16 Å². The number of hydrogen-bond donors (Lipinski definition) is 2. The predicted octanol–water partition coefficient (Wildman–Crippen LogP) is 3.17. The summed E-state index contributed by atoms with van der Waals surface area (Å²) in [6, 6.07) is 8.10. The van der Waals surface area contributed by atoms with Gasteiger partial charge >= 0.3 is 0 Å². The van der Waals surface area contributed by atoms with Crippen molar-refractivity contribution in [2.45, 2.75) is 13.0 Å². The first kappa shape index (κ1) is 13.5. The van der Waals surface area contributed by atoms with E-state index in [4.69, 9.17) is 10.9 Å². The maximum Gasteiger partial charge on any atom is 0.171 e. The molecule has 1 aliphatic heterocycles. The lowest BCUT2D eigenvalue weighted by Crippen LogP contribution is -2.29. The number of oxime groups is 1. The number of thiophene rings is 1. The molecule has 0 saturated heterocycles. The molecule has 0 aliphatic carbocycles. The van der Waals surface area contributed by atoms with Gasteiger partial charge in [0.1, 0.15) is 0 Å². The molecule has 20 heavy (non-hydrogen) atoms. The van der Waals surface area contributed by atoms with E-state index in [0.29, 0.717) is 5.56 Å². The van der Waals surface area contributed by atoms with Crippen LogP contribution in [0.1, 0.15) is 16.0 Å². The molecule has 2 aromatic rings. The highest BCUT2D eigenvalue weighted by Gasteiger charge is 2.18. The summed E-state index contributed by atoms with van der Waals surface area (Å²) in [5, 5.41) is 13.9. The summed E-state index contributed by atoms with van der Waals surface area (Å²) >= 11 is 5.32. The molecule has 0 fully saturated rings. The van der Waals surface area contributed by atoms with Gasteiger partial charge in [-0.3, -0.25) is 0 Å². The van der Waals surface area contributed by atoms with Gasteiger partial charge in [-0.05, 0) is 57.6 Å². The van der Waals surface area contributed by atoms with Crippen LogP contribution in [-0.2, 0) is 13.0 Å². The molecule has 0 saturated carbocycles. The number of nitrogens with two attached hydrogens (primary N) is 1. The zero-order chi connectivity index (χ0) is 14.1. The second kappa shape index (κ2) is 5.46. The Morgan fingerprint density at radius 2 is 2.25 bits per heavy atom. The third-order valence-corrected chi connectivity index (χ3v) is 5.19. The van der Waals surface area contributed by atoms with Crippen molar-refractivity contribution >= 4 is 38.8 Å². The largest absolute Gasteiger partial charge is 0.409 e. The van der Waals surface area contributed by atoms with Crippen molar-refractivity contribution in [1.29, 1.82) is 0 Å². The highest BCUT2D eigenvalue weighted by atomic mass is 79.9. The van der Waals surface area contributed by atoms with Gasteiger partial charge < -0.3 is 15.8 Å². The van der Waals surface area contributed by atoms with Gasteiger partial charge in [0, 0.05) is 33.7 Å². The fraction of sp³-hybridized carbons (Fsp3) is 0.214. The molecule has 0 radical (unpaired) electrons. The van der Waals surface area contributed by atoms with Crippen LogP contribution >= 0.6 is 27.3 Å². The number of rotatable bonds is 2. The van der Waals surface area contributed by atoms with E-state index >= 15 is 0 Å². The molecular weight excluding hydrogens is 338 g/mol. The Balaban J connectivity index is 1.87. The van der Waals surface area contributed by atoms with Gasteiger partial charge in [0.15, 0.2) is 5.84 Å². The standard InChI is InChI=1S/C14H14BrN3OS/c15-12-7-10(1-2-11(12)14(16)17-19)18-5-3-13-9(8-18)4-6-20-13/h1-2,4,6-7,19H,3,5,8H2,(H2,16,17). The second-order valence-electron chi connectivity index (χ2n) is 4.69. The summed E-state index contributed by atoms with van der Waals surface area (Å²) < 4.78 is 0.835. The van der Waals surface area contributed by atoms with E-state index < -0.39 is 0 Å². The summed E-state index contributed by atoms with van der Waals surface area (Å²) in [5.74, 6) is 0.113. The normalized spacial score (nSPS) is 15.2. The molecule has 104 valence electrons. The molecule has 3 N–H and O–H groups in total. The van der Waals surface area contributed by atoms with Crippen LogP contribution in [-0.4, -0.2) is 17.6 Å². The minimum absolute atomic E-state index is 0.113. The van der Waals surface area contributed by atoms with Gasteiger partial charge in [-0.15, -0.1) is 11.3 Å². The minimum Gasteiger partial charge on any atom is -0.409 e. The van der Waals surface area contributed by atoms with Gasteiger partial charge in [0.25, 0.3) is 0 Å². The van der Waals surface area contributed by atoms with Crippen molar-refractivity contribution in [2.75, 3.05) is 11.4 Å². The van der Waals surface area contributed by atoms with Crippen molar-refractivity contribution in [1.82, 2.24) is 0 Å². The van der Waals surface area contributed by atoms with E-state index in [1.807, 2.05) is 29.5 Å². The van der Waals surface area contributed by atoms with Crippen molar-refractivity contribution in [2.24, 2.45) is 10.9 Å². The number of halogens is 1. The zero-order valence-electron chi connectivity index (χ0n) is 10.7. The highest BCUT2D eigenvalue weighted by Crippen LogP contribution is 2.30. The van der Waals surface area contributed by atoms with Crippen LogP contribution in [0.3, 0.4) is 0 Å². The Hall–Kier alpha value is -1.53. The van der Waals surface area contributed by atoms with Gasteiger partial charge in [0.2, 0.25) is 0 Å². The quantitative estimate of drug-likeness (QED) is 0.378. The van der Waals surface area contributed by atoms with Crippen LogP contribution in [0.5, 0.6) is 0 Å². The molecule has 4 nitrogen and oxygen atoms in total. The highest BCUT2D eigenvalue weighted by molar-refractivity contribution is 9.10. The number of fused-ring (bicyclic) bond motifs is 1. The summed E-state index contributed by atoms with van der Waals surface area (Å²) in [4.78, 5) is 3.84. The summed E-state index contributed by atoms with van der Waals surface area (Å²) in [7, 11) is 0. The van der Waals surface area contributed by atoms with E-state index in [9.17, 15) is 0 Å². The number of amidine groups is 1. The van der Waals surface area contributed by atoms with Crippen LogP contribution < -0.4 is 10.6 Å². The minimum atomic E-state index is 0.113. The molecule has 1 aromatic carbocycles. The SMILES string of the molecule is N/C(=N/O)c1ccc(N2CCc3sccc3C2)cc1Br. The lowest BCUT2D eigenvalue weighted by atomic mass is 10.1. The molecule has 3 rings (SSSR count). The lowest BCUT2D eigenvalue weighted by molar-refractivity contribution is 0.318. The number of hydrogen-bond acceptors (Lipinski definition) is 4. The molecule has 0 unspecified atom stereocenters. The van der Waals surface area contributed by atoms with Gasteiger partial charge in [0.05, 0.1) is 0 Å². The molecule has 6 heteroatoms. The van der Waals surface area contributed by atoms with E-state index in [2.05, 4.69) is 37.4 Å². The number of benzene rings is 1. The summed E-state index contributed by atoms with van der Waals surface area (Å²) in [6.07, 6.45) is 1.09. The van der Waals surface area contributed by atoms with Crippen LogP contribution in [0, 0.1) is 0 Å². The first-order valence-corrected chi connectivity index (χ1v) is 7.94. The average molecular weight is 352 g/mol. The summed E-state index contributed by atoms with van der Waals surface area (Å²) in [5.41, 5.74) is 8.89. The number of anilines is 1. The fourth-order valence-electron chi connectivity index (χ4n) is 2.43. The van der Waals surface area contributed by atoms with E-state index in [0.717, 1.165) is 29.7 Å². The summed E-state index contributed by atoms with van der Waals surface area (Å²) in [6.45, 7) is 1.96. The van der Waals surface area contributed by atoms with Crippen LogP contribution in [0.25, 0.3) is 0 Å².